The largest absolute Gasteiger partial charge is 0.490 e. The van der Waals surface area contributed by atoms with E-state index in [1.165, 1.54) is 6.42 Å². The predicted octanol–water partition coefficient (Wildman–Crippen LogP) is 6.81. The number of benzene rings is 2. The summed E-state index contributed by atoms with van der Waals surface area (Å²) >= 11 is 0. The molecule has 0 bridgehead atoms. The van der Waals surface area contributed by atoms with E-state index >= 15 is 0 Å². The molecule has 3 aromatic rings. The lowest BCUT2D eigenvalue weighted by atomic mass is 9.92. The van der Waals surface area contributed by atoms with E-state index in [0.29, 0.717) is 17.6 Å². The summed E-state index contributed by atoms with van der Waals surface area (Å²) in [5.74, 6) is 7.10. The number of carbonyl (C=O) groups is 1. The zero-order valence-corrected chi connectivity index (χ0v) is 22.2. The zero-order valence-electron chi connectivity index (χ0n) is 22.2. The van der Waals surface area contributed by atoms with Gasteiger partial charge in [-0.25, -0.2) is 4.79 Å². The third-order valence-electron chi connectivity index (χ3n) is 8.11. The molecule has 3 aliphatic rings. The molecule has 1 amide bonds. The van der Waals surface area contributed by atoms with Crippen LogP contribution in [0.3, 0.4) is 0 Å². The van der Waals surface area contributed by atoms with E-state index in [2.05, 4.69) is 33.9 Å². The molecular weight excluding hydrogens is 490 g/mol. The van der Waals surface area contributed by atoms with E-state index in [0.717, 1.165) is 85.2 Å². The highest BCUT2D eigenvalue weighted by Crippen LogP contribution is 2.43. The van der Waals surface area contributed by atoms with Crippen molar-refractivity contribution < 1.29 is 19.0 Å². The fourth-order valence-electron chi connectivity index (χ4n) is 5.56. The number of anilines is 1. The standard InChI is InChI=1S/C32H33N3O4/c1-21(22-7-8-22)38-32(36)34-24-11-9-23(10-12-24)31-29(6-3-17-33)28-14-13-27(39-26-15-18-37-19-16-26)20-30(28)35(31)25-4-2-5-25/h9-14,20-22,25-26H,2,4-5,7-8,15-16,18-19H2,1H3,(H,34,36). The first-order valence-corrected chi connectivity index (χ1v) is 14.0. The number of aromatic nitrogens is 1. The Labute approximate surface area is 229 Å². The highest BCUT2D eigenvalue weighted by molar-refractivity contribution is 5.96. The molecule has 2 aliphatic carbocycles. The fraction of sp³-hybridized carbons (Fsp3) is 0.438. The molecule has 7 heteroatoms. The van der Waals surface area contributed by atoms with Gasteiger partial charge in [0.25, 0.3) is 0 Å². The minimum atomic E-state index is -0.427. The summed E-state index contributed by atoms with van der Waals surface area (Å²) in [6.45, 7) is 3.40. The maximum Gasteiger partial charge on any atom is 0.411 e. The molecule has 200 valence electrons. The van der Waals surface area contributed by atoms with Crippen LogP contribution >= 0.6 is 0 Å². The van der Waals surface area contributed by atoms with Gasteiger partial charge in [-0.2, -0.15) is 5.26 Å². The van der Waals surface area contributed by atoms with Crippen LogP contribution in [0.15, 0.2) is 42.5 Å². The average Bonchev–Trinajstić information content (AvgIpc) is 3.72. The van der Waals surface area contributed by atoms with E-state index in [-0.39, 0.29) is 12.2 Å². The van der Waals surface area contributed by atoms with E-state index in [1.54, 1.807) is 0 Å². The summed E-state index contributed by atoms with van der Waals surface area (Å²) in [4.78, 5) is 12.4. The number of amides is 1. The number of ether oxygens (including phenoxy) is 3. The first kappa shape index (κ1) is 25.3. The van der Waals surface area contributed by atoms with Crippen molar-refractivity contribution in [2.24, 2.45) is 5.92 Å². The van der Waals surface area contributed by atoms with Crippen LogP contribution in [0, 0.1) is 29.1 Å². The highest BCUT2D eigenvalue weighted by atomic mass is 16.6. The van der Waals surface area contributed by atoms with Gasteiger partial charge in [0, 0.05) is 41.9 Å². The maximum atomic E-state index is 12.4. The number of nitriles is 1. The van der Waals surface area contributed by atoms with Crippen molar-refractivity contribution in [1.82, 2.24) is 4.57 Å². The summed E-state index contributed by atoms with van der Waals surface area (Å²) < 4.78 is 19.7. The van der Waals surface area contributed by atoms with Crippen molar-refractivity contribution in [1.29, 1.82) is 5.26 Å². The van der Waals surface area contributed by atoms with Crippen LogP contribution in [-0.4, -0.2) is 36.1 Å². The zero-order chi connectivity index (χ0) is 26.8. The lowest BCUT2D eigenvalue weighted by molar-refractivity contribution is 0.0256. The van der Waals surface area contributed by atoms with Gasteiger partial charge in [-0.1, -0.05) is 12.1 Å². The third kappa shape index (κ3) is 5.46. The Morgan fingerprint density at radius 3 is 2.51 bits per heavy atom. The molecule has 1 aliphatic heterocycles. The van der Waals surface area contributed by atoms with Crippen molar-refractivity contribution in [2.75, 3.05) is 18.5 Å². The second-order valence-corrected chi connectivity index (χ2v) is 10.8. The Bertz CT molecular complexity index is 1460. The summed E-state index contributed by atoms with van der Waals surface area (Å²) in [5.41, 5.74) is 4.57. The second-order valence-electron chi connectivity index (χ2n) is 10.8. The first-order chi connectivity index (χ1) is 19.1. The number of carbonyl (C=O) groups excluding carboxylic acids is 1. The molecule has 6 rings (SSSR count). The second kappa shape index (κ2) is 11.0. The molecule has 1 atom stereocenters. The molecule has 1 saturated heterocycles. The summed E-state index contributed by atoms with van der Waals surface area (Å²) in [5, 5.41) is 13.1. The van der Waals surface area contributed by atoms with E-state index in [4.69, 9.17) is 14.2 Å². The van der Waals surface area contributed by atoms with Crippen LogP contribution in [0.25, 0.3) is 22.2 Å². The van der Waals surface area contributed by atoms with E-state index in [1.807, 2.05) is 43.3 Å². The minimum absolute atomic E-state index is 0.0657. The SMILES string of the molecule is CC(OC(=O)Nc1ccc(-c2c(C#CC#N)c3ccc(OC4CCOCC4)cc3n2C2CCC2)cc1)C1CC1. The molecule has 7 nitrogen and oxygen atoms in total. The molecule has 2 aromatic carbocycles. The summed E-state index contributed by atoms with van der Waals surface area (Å²) in [6.07, 6.45) is 7.06. The number of rotatable bonds is 7. The molecule has 2 saturated carbocycles. The molecule has 2 heterocycles. The Kier molecular flexibility index (Phi) is 7.18. The Balaban J connectivity index is 1.35. The third-order valence-corrected chi connectivity index (χ3v) is 8.11. The molecule has 1 aromatic heterocycles. The lowest BCUT2D eigenvalue weighted by Crippen LogP contribution is -2.25. The number of hydrogen-bond donors (Lipinski definition) is 1. The summed E-state index contributed by atoms with van der Waals surface area (Å²) in [7, 11) is 0. The fourth-order valence-corrected chi connectivity index (χ4v) is 5.56. The first-order valence-electron chi connectivity index (χ1n) is 14.0. The van der Waals surface area contributed by atoms with Gasteiger partial charge in [0.15, 0.2) is 6.07 Å². The van der Waals surface area contributed by atoms with Crippen LogP contribution < -0.4 is 10.1 Å². The van der Waals surface area contributed by atoms with Crippen LogP contribution in [0.1, 0.15) is 63.5 Å². The van der Waals surface area contributed by atoms with E-state index < -0.39 is 6.09 Å². The minimum Gasteiger partial charge on any atom is -0.490 e. The molecule has 1 unspecified atom stereocenters. The van der Waals surface area contributed by atoms with Crippen LogP contribution in [0.5, 0.6) is 5.75 Å². The molecule has 0 radical (unpaired) electrons. The van der Waals surface area contributed by atoms with Gasteiger partial charge in [0.05, 0.1) is 30.0 Å². The van der Waals surface area contributed by atoms with Gasteiger partial charge >= 0.3 is 6.09 Å². The Morgan fingerprint density at radius 2 is 1.85 bits per heavy atom. The monoisotopic (exact) mass is 523 g/mol. The highest BCUT2D eigenvalue weighted by Gasteiger charge is 2.31. The number of fused-ring (bicyclic) bond motifs is 1. The van der Waals surface area contributed by atoms with Crippen LogP contribution in [0.2, 0.25) is 0 Å². The molecule has 3 fully saturated rings. The van der Waals surface area contributed by atoms with Gasteiger partial charge in [-0.3, -0.25) is 5.32 Å². The molecule has 0 spiro atoms. The average molecular weight is 524 g/mol. The summed E-state index contributed by atoms with van der Waals surface area (Å²) in [6, 6.07) is 16.3. The van der Waals surface area contributed by atoms with Crippen LogP contribution in [0.4, 0.5) is 10.5 Å². The predicted molar refractivity (Wildman–Crippen MR) is 150 cm³/mol. The van der Waals surface area contributed by atoms with Gasteiger partial charge in [0.1, 0.15) is 18.0 Å². The van der Waals surface area contributed by atoms with Gasteiger partial charge in [0.2, 0.25) is 0 Å². The van der Waals surface area contributed by atoms with Gasteiger partial charge in [-0.05, 0) is 80.7 Å². The van der Waals surface area contributed by atoms with Gasteiger partial charge < -0.3 is 18.8 Å². The van der Waals surface area contributed by atoms with Crippen molar-refractivity contribution in [3.8, 4) is 34.9 Å². The number of nitrogens with one attached hydrogen (secondary N) is 1. The molecule has 1 N–H and O–H groups in total. The van der Waals surface area contributed by atoms with E-state index in [9.17, 15) is 10.1 Å². The normalized spacial score (nSPS) is 18.4. The van der Waals surface area contributed by atoms with Crippen molar-refractivity contribution >= 4 is 22.7 Å². The van der Waals surface area contributed by atoms with Crippen molar-refractivity contribution in [2.45, 2.75) is 70.1 Å². The number of hydrogen-bond acceptors (Lipinski definition) is 5. The Hall–Kier alpha value is -3.94. The van der Waals surface area contributed by atoms with Crippen molar-refractivity contribution in [3.63, 3.8) is 0 Å². The van der Waals surface area contributed by atoms with Gasteiger partial charge in [-0.15, -0.1) is 0 Å². The Morgan fingerprint density at radius 1 is 1.08 bits per heavy atom. The maximum absolute atomic E-state index is 12.4. The molecular formula is C32H33N3O4. The topological polar surface area (TPSA) is 85.5 Å². The quantitative estimate of drug-likeness (QED) is 0.344. The number of nitrogens with zero attached hydrogens (tertiary/aromatic N) is 2. The smallest absolute Gasteiger partial charge is 0.411 e. The van der Waals surface area contributed by atoms with Crippen LogP contribution in [-0.2, 0) is 9.47 Å². The molecule has 39 heavy (non-hydrogen) atoms. The van der Waals surface area contributed by atoms with Crippen molar-refractivity contribution in [3.05, 3.63) is 48.0 Å². The lowest BCUT2D eigenvalue weighted by Gasteiger charge is -2.30.